The number of anilines is 1. The van der Waals surface area contributed by atoms with Crippen LogP contribution in [-0.2, 0) is 9.59 Å². The lowest BCUT2D eigenvalue weighted by molar-refractivity contribution is -0.132. The van der Waals surface area contributed by atoms with Crippen molar-refractivity contribution in [1.29, 1.82) is 0 Å². The van der Waals surface area contributed by atoms with Crippen molar-refractivity contribution in [2.75, 3.05) is 5.73 Å². The molecule has 0 amide bonds. The van der Waals surface area contributed by atoms with Crippen LogP contribution in [-0.4, -0.2) is 29.3 Å². The summed E-state index contributed by atoms with van der Waals surface area (Å²) in [7, 11) is 0. The summed E-state index contributed by atoms with van der Waals surface area (Å²) in [5.41, 5.74) is 14.0. The smallest absolute Gasteiger partial charge is 0.308 e. The van der Waals surface area contributed by atoms with E-state index in [4.69, 9.17) is 15.2 Å². The lowest BCUT2D eigenvalue weighted by atomic mass is 9.95. The van der Waals surface area contributed by atoms with Crippen LogP contribution in [0, 0.1) is 41.5 Å². The summed E-state index contributed by atoms with van der Waals surface area (Å²) in [6, 6.07) is 14.5. The molecule has 4 aromatic carbocycles. The first-order valence-corrected chi connectivity index (χ1v) is 14.8. The Kier molecular flexibility index (Phi) is 12.7. The molecular formula is C38H43NO7. The molecule has 4 aromatic rings. The minimum absolute atomic E-state index is 0.0185. The summed E-state index contributed by atoms with van der Waals surface area (Å²) < 4.78 is 10.2. The monoisotopic (exact) mass is 625 g/mol. The van der Waals surface area contributed by atoms with E-state index in [-0.39, 0.29) is 29.3 Å². The minimum Gasteiger partial charge on any atom is -0.426 e. The molecule has 8 nitrogen and oxygen atoms in total. The molecule has 0 radical (unpaired) electrons. The molecule has 0 heterocycles. The van der Waals surface area contributed by atoms with Crippen LogP contribution in [0.15, 0.2) is 48.5 Å². The van der Waals surface area contributed by atoms with Gasteiger partial charge in [0.05, 0.1) is 0 Å². The Balaban J connectivity index is 0.000000247. The Morgan fingerprint density at radius 3 is 1.41 bits per heavy atom. The van der Waals surface area contributed by atoms with Gasteiger partial charge in [0.15, 0.2) is 17.3 Å². The number of esters is 2. The average Bonchev–Trinajstić information content (AvgIpc) is 2.94. The van der Waals surface area contributed by atoms with Gasteiger partial charge in [0.25, 0.3) is 0 Å². The molecule has 0 fully saturated rings. The van der Waals surface area contributed by atoms with Crippen LogP contribution >= 0.6 is 0 Å². The van der Waals surface area contributed by atoms with Crippen molar-refractivity contribution in [2.45, 2.75) is 76.2 Å². The van der Waals surface area contributed by atoms with Gasteiger partial charge >= 0.3 is 11.9 Å². The average molecular weight is 626 g/mol. The summed E-state index contributed by atoms with van der Waals surface area (Å²) in [5, 5.41) is 2.02. The zero-order chi connectivity index (χ0) is 35.0. The van der Waals surface area contributed by atoms with Gasteiger partial charge in [-0.25, -0.2) is 0 Å². The third-order valence-electron chi connectivity index (χ3n) is 7.47. The highest BCUT2D eigenvalue weighted by Gasteiger charge is 2.13. The second kappa shape index (κ2) is 15.8. The predicted octanol–water partition coefficient (Wildman–Crippen LogP) is 8.10. The Morgan fingerprint density at radius 2 is 0.913 bits per heavy atom. The van der Waals surface area contributed by atoms with E-state index in [9.17, 15) is 24.0 Å². The number of ether oxygens (including phenoxy) is 2. The molecule has 0 spiro atoms. The number of nitrogen functional groups attached to an aromatic ring is 1. The van der Waals surface area contributed by atoms with Gasteiger partial charge in [-0.15, -0.1) is 0 Å². The van der Waals surface area contributed by atoms with Crippen molar-refractivity contribution in [3.8, 4) is 11.5 Å². The molecule has 0 saturated heterocycles. The van der Waals surface area contributed by atoms with Crippen LogP contribution in [0.2, 0.25) is 0 Å². The maximum Gasteiger partial charge on any atom is 0.308 e. The summed E-state index contributed by atoms with van der Waals surface area (Å²) in [6.07, 6.45) is 0. The van der Waals surface area contributed by atoms with E-state index >= 15 is 0 Å². The topological polar surface area (TPSA) is 130 Å². The van der Waals surface area contributed by atoms with E-state index < -0.39 is 0 Å². The Hall–Kier alpha value is -5.11. The van der Waals surface area contributed by atoms with Gasteiger partial charge in [-0.05, 0) is 137 Å². The SMILES string of the molecule is CC(=O)Oc1cc(C)c(C(C)=O)cc1C.CC(=O)Oc1ccc2c(C)c(C(C)=O)ccc2c1C.CC(=O)c1cc(C)c(N)cc1C. The third kappa shape index (κ3) is 9.44. The molecule has 0 atom stereocenters. The number of benzene rings is 4. The second-order valence-corrected chi connectivity index (χ2v) is 11.3. The molecule has 2 N–H and O–H groups in total. The number of Topliss-reactive ketones (excluding diaryl/α,β-unsaturated/α-hetero) is 3. The number of carbonyl (C=O) groups is 5. The number of rotatable bonds is 5. The van der Waals surface area contributed by atoms with E-state index in [0.29, 0.717) is 17.1 Å². The standard InChI is InChI=1S/C16H16O3.C12H14O3.C10H13NO/c1-9-13(11(3)17)5-6-15-10(2)16(19-12(4)18)8-7-14(9)15;1-7-6-12(15-10(4)14)8(2)5-11(7)9(3)13;1-6-5-10(11)7(2)4-9(6)8(3)12/h5-8H,1-4H3;5-6H,1-4H3;4-5H,11H2,1-3H3. The van der Waals surface area contributed by atoms with Crippen LogP contribution in [0.3, 0.4) is 0 Å². The predicted molar refractivity (Wildman–Crippen MR) is 182 cm³/mol. The van der Waals surface area contributed by atoms with E-state index in [0.717, 1.165) is 61.0 Å². The van der Waals surface area contributed by atoms with E-state index in [1.54, 1.807) is 32.0 Å². The first-order valence-electron chi connectivity index (χ1n) is 14.8. The largest absolute Gasteiger partial charge is 0.426 e. The highest BCUT2D eigenvalue weighted by molar-refractivity contribution is 6.02. The van der Waals surface area contributed by atoms with Gasteiger partial charge in [-0.3, -0.25) is 24.0 Å². The summed E-state index contributed by atoms with van der Waals surface area (Å²) >= 11 is 0. The Morgan fingerprint density at radius 1 is 0.478 bits per heavy atom. The zero-order valence-corrected chi connectivity index (χ0v) is 28.6. The highest BCUT2D eigenvalue weighted by Crippen LogP contribution is 2.31. The maximum absolute atomic E-state index is 11.5. The van der Waals surface area contributed by atoms with Crippen molar-refractivity contribution < 1.29 is 33.4 Å². The molecular weight excluding hydrogens is 582 g/mol. The number of fused-ring (bicyclic) bond motifs is 1. The van der Waals surface area contributed by atoms with Gasteiger partial charge in [-0.2, -0.15) is 0 Å². The summed E-state index contributed by atoms with van der Waals surface area (Å²) in [6.45, 7) is 18.7. The first-order chi connectivity index (χ1) is 21.3. The van der Waals surface area contributed by atoms with Gasteiger partial charge in [0.1, 0.15) is 11.5 Å². The number of nitrogens with two attached hydrogens (primary N) is 1. The Bertz CT molecular complexity index is 1850. The summed E-state index contributed by atoms with van der Waals surface area (Å²) in [5.74, 6) is 0.564. The van der Waals surface area contributed by atoms with Crippen molar-refractivity contribution in [2.24, 2.45) is 0 Å². The molecule has 0 saturated carbocycles. The van der Waals surface area contributed by atoms with Crippen molar-refractivity contribution >= 4 is 45.7 Å². The molecule has 0 aliphatic heterocycles. The molecule has 46 heavy (non-hydrogen) atoms. The molecule has 0 aliphatic carbocycles. The van der Waals surface area contributed by atoms with E-state index in [1.165, 1.54) is 20.8 Å². The molecule has 4 rings (SSSR count). The fourth-order valence-electron chi connectivity index (χ4n) is 4.99. The zero-order valence-electron chi connectivity index (χ0n) is 28.6. The van der Waals surface area contributed by atoms with Crippen LogP contribution in [0.4, 0.5) is 5.69 Å². The number of carbonyl (C=O) groups excluding carboxylic acids is 5. The van der Waals surface area contributed by atoms with Crippen LogP contribution in [0.5, 0.6) is 11.5 Å². The fourth-order valence-corrected chi connectivity index (χ4v) is 4.99. The fraction of sp³-hybridized carbons (Fsp3) is 0.289. The summed E-state index contributed by atoms with van der Waals surface area (Å²) in [4.78, 5) is 55.7. The van der Waals surface area contributed by atoms with Gasteiger partial charge < -0.3 is 15.2 Å². The van der Waals surface area contributed by atoms with Crippen LogP contribution < -0.4 is 15.2 Å². The van der Waals surface area contributed by atoms with Gasteiger partial charge in [0.2, 0.25) is 0 Å². The molecule has 0 aliphatic rings. The molecule has 0 bridgehead atoms. The quantitative estimate of drug-likeness (QED) is 0.102. The first kappa shape index (κ1) is 37.1. The van der Waals surface area contributed by atoms with Crippen molar-refractivity contribution in [3.63, 3.8) is 0 Å². The van der Waals surface area contributed by atoms with Crippen LogP contribution in [0.25, 0.3) is 10.8 Å². The number of hydrogen-bond donors (Lipinski definition) is 1. The number of hydrogen-bond acceptors (Lipinski definition) is 8. The van der Waals surface area contributed by atoms with E-state index in [2.05, 4.69) is 0 Å². The minimum atomic E-state index is -0.354. The van der Waals surface area contributed by atoms with Gasteiger partial charge in [0, 0.05) is 36.2 Å². The van der Waals surface area contributed by atoms with Crippen LogP contribution in [0.1, 0.15) is 99.1 Å². The highest BCUT2D eigenvalue weighted by atomic mass is 16.5. The third-order valence-corrected chi connectivity index (χ3v) is 7.47. The number of ketones is 3. The molecule has 8 heteroatoms. The van der Waals surface area contributed by atoms with Gasteiger partial charge in [-0.1, -0.05) is 18.2 Å². The lowest BCUT2D eigenvalue weighted by Crippen LogP contribution is -2.05. The molecule has 0 aromatic heterocycles. The maximum atomic E-state index is 11.5. The van der Waals surface area contributed by atoms with E-state index in [1.807, 2.05) is 71.9 Å². The number of aryl methyl sites for hydroxylation is 6. The van der Waals surface area contributed by atoms with Crippen molar-refractivity contribution in [3.05, 3.63) is 98.6 Å². The molecule has 0 unspecified atom stereocenters. The normalized spacial score (nSPS) is 10.2. The molecule has 242 valence electrons. The van der Waals surface area contributed by atoms with Crippen molar-refractivity contribution in [1.82, 2.24) is 0 Å². The lowest BCUT2D eigenvalue weighted by Gasteiger charge is -2.12. The Labute approximate surface area is 270 Å². The second-order valence-electron chi connectivity index (χ2n) is 11.3.